The summed E-state index contributed by atoms with van der Waals surface area (Å²) >= 11 is 0. The third-order valence-corrected chi connectivity index (χ3v) is 15.4. The number of nitrogens with one attached hydrogen (secondary N) is 3. The molecule has 3 N–H and O–H groups in total. The van der Waals surface area contributed by atoms with Crippen molar-refractivity contribution in [3.8, 4) is 5.88 Å². The van der Waals surface area contributed by atoms with E-state index in [9.17, 15) is 14.4 Å². The average molecular weight is 869 g/mol. The summed E-state index contributed by atoms with van der Waals surface area (Å²) in [6, 6.07) is 15.3. The summed E-state index contributed by atoms with van der Waals surface area (Å²) in [5.41, 5.74) is 9.68. The second kappa shape index (κ2) is 17.7. The van der Waals surface area contributed by atoms with Gasteiger partial charge < -0.3 is 25.2 Å². The van der Waals surface area contributed by atoms with Crippen LogP contribution >= 0.6 is 0 Å². The second-order valence-corrected chi connectivity index (χ2v) is 19.4. The standard InChI is InChI=1S/C51H61FN8O4/c1-4-34-24-37-14-17-58(45-27-54-50-48(31(45)3)53-16-20-64-50)29-44(37)56-49(34)55-38-10-9-36(43(52)26-38)25-47(62)59-18-13-35(30(2)28-59)8-5-33-22-41-40(42(41)23-33)21-32-6-11-39(12-7-32)60-19-15-46(61)57-51(60)63/h6-7,9-12,24,26-27,30,33,35,40-42,53H,4-5,8,13-23,25,28-29H2,1-3H3,(H,55,56)(H,57,61,63)/t30-,33?,35?,40?,41?,42?/m0/s1. The van der Waals surface area contributed by atoms with E-state index in [2.05, 4.69) is 64.8 Å². The van der Waals surface area contributed by atoms with Gasteiger partial charge in [0.2, 0.25) is 17.7 Å². The van der Waals surface area contributed by atoms with Gasteiger partial charge in [-0.25, -0.2) is 19.2 Å². The zero-order chi connectivity index (χ0) is 44.1. The number of urea groups is 1. The molecule has 2 aliphatic carbocycles. The molecule has 3 unspecified atom stereocenters. The van der Waals surface area contributed by atoms with Crippen LogP contribution in [-0.4, -0.2) is 72.0 Å². The predicted octanol–water partition coefficient (Wildman–Crippen LogP) is 8.37. The molecule has 0 radical (unpaired) electrons. The molecule has 64 heavy (non-hydrogen) atoms. The number of anilines is 5. The highest BCUT2D eigenvalue weighted by Crippen LogP contribution is 2.61. The first-order valence-corrected chi connectivity index (χ1v) is 23.7. The van der Waals surface area contributed by atoms with E-state index in [1.165, 1.54) is 42.9 Å². The van der Waals surface area contributed by atoms with Crippen LogP contribution in [0, 0.1) is 48.2 Å². The zero-order valence-electron chi connectivity index (χ0n) is 37.4. The number of carbonyl (C=O) groups is 3. The van der Waals surface area contributed by atoms with E-state index in [1.54, 1.807) is 11.0 Å². The monoisotopic (exact) mass is 868 g/mol. The van der Waals surface area contributed by atoms with Gasteiger partial charge in [0, 0.05) is 56.1 Å². The summed E-state index contributed by atoms with van der Waals surface area (Å²) in [7, 11) is 0. The highest BCUT2D eigenvalue weighted by molar-refractivity contribution is 6.05. The molecule has 2 saturated carbocycles. The number of likely N-dealkylation sites (tertiary alicyclic amines) is 1. The maximum atomic E-state index is 15.7. The van der Waals surface area contributed by atoms with Crippen molar-refractivity contribution in [3.05, 3.63) is 94.1 Å². The van der Waals surface area contributed by atoms with Crippen LogP contribution in [0.4, 0.5) is 37.8 Å². The van der Waals surface area contributed by atoms with E-state index in [0.29, 0.717) is 55.1 Å². The Labute approximate surface area is 375 Å². The van der Waals surface area contributed by atoms with Crippen LogP contribution < -0.4 is 30.5 Å². The average Bonchev–Trinajstić information content (AvgIpc) is 3.72. The summed E-state index contributed by atoms with van der Waals surface area (Å²) in [5.74, 6) is 5.05. The Kier molecular flexibility index (Phi) is 11.7. The van der Waals surface area contributed by atoms with Crippen molar-refractivity contribution in [1.82, 2.24) is 20.2 Å². The molecule has 12 nitrogen and oxygen atoms in total. The van der Waals surface area contributed by atoms with Gasteiger partial charge in [0.15, 0.2) is 0 Å². The van der Waals surface area contributed by atoms with Gasteiger partial charge in [-0.1, -0.05) is 44.5 Å². The summed E-state index contributed by atoms with van der Waals surface area (Å²) in [6.07, 6.45) is 11.2. The lowest BCUT2D eigenvalue weighted by atomic mass is 9.80. The molecular formula is C51H61FN8O4. The summed E-state index contributed by atoms with van der Waals surface area (Å²) < 4.78 is 21.5. The fourth-order valence-corrected chi connectivity index (χ4v) is 11.6. The van der Waals surface area contributed by atoms with Crippen LogP contribution in [0.3, 0.4) is 0 Å². The Morgan fingerprint density at radius 3 is 2.59 bits per heavy atom. The van der Waals surface area contributed by atoms with Gasteiger partial charge in [0.25, 0.3) is 0 Å². The third-order valence-electron chi connectivity index (χ3n) is 15.4. The van der Waals surface area contributed by atoms with Crippen LogP contribution in [0.1, 0.15) is 85.9 Å². The van der Waals surface area contributed by atoms with Crippen molar-refractivity contribution >= 4 is 46.4 Å². The van der Waals surface area contributed by atoms with E-state index < -0.39 is 0 Å². The molecule has 4 atom stereocenters. The Bertz CT molecular complexity index is 2430. The zero-order valence-corrected chi connectivity index (χ0v) is 37.4. The molecule has 4 aliphatic heterocycles. The van der Waals surface area contributed by atoms with Crippen molar-refractivity contribution in [2.24, 2.45) is 35.5 Å². The van der Waals surface area contributed by atoms with E-state index in [0.717, 1.165) is 115 Å². The molecule has 2 aromatic carbocycles. The van der Waals surface area contributed by atoms with Crippen molar-refractivity contribution in [3.63, 3.8) is 0 Å². The van der Waals surface area contributed by atoms with Crippen LogP contribution in [0.15, 0.2) is 54.7 Å². The van der Waals surface area contributed by atoms with Gasteiger partial charge in [-0.3, -0.25) is 19.8 Å². The van der Waals surface area contributed by atoms with Gasteiger partial charge in [0.1, 0.15) is 23.9 Å². The fourth-order valence-electron chi connectivity index (χ4n) is 11.6. The smallest absolute Gasteiger partial charge is 0.328 e. The summed E-state index contributed by atoms with van der Waals surface area (Å²) in [5, 5.41) is 9.26. The number of rotatable bonds is 12. The topological polar surface area (TPSA) is 132 Å². The maximum absolute atomic E-state index is 15.7. The minimum atomic E-state index is -0.380. The molecule has 336 valence electrons. The van der Waals surface area contributed by atoms with Gasteiger partial charge in [-0.15, -0.1) is 0 Å². The number of fused-ring (bicyclic) bond motifs is 3. The molecule has 4 fully saturated rings. The molecule has 10 rings (SSSR count). The molecule has 6 aliphatic rings. The van der Waals surface area contributed by atoms with Crippen LogP contribution in [0.25, 0.3) is 0 Å². The molecule has 4 aromatic rings. The molecule has 2 saturated heterocycles. The Morgan fingerprint density at radius 1 is 1.00 bits per heavy atom. The number of pyridine rings is 2. The number of halogens is 1. The summed E-state index contributed by atoms with van der Waals surface area (Å²) in [6.45, 7) is 11.3. The van der Waals surface area contributed by atoms with E-state index in [-0.39, 0.29) is 30.1 Å². The lowest BCUT2D eigenvalue weighted by Gasteiger charge is -2.37. The maximum Gasteiger partial charge on any atom is 0.328 e. The van der Waals surface area contributed by atoms with Crippen molar-refractivity contribution in [2.75, 3.05) is 59.8 Å². The van der Waals surface area contributed by atoms with Crippen LogP contribution in [-0.2, 0) is 41.8 Å². The number of ether oxygens (including phenoxy) is 1. The van der Waals surface area contributed by atoms with Crippen LogP contribution in [0.5, 0.6) is 5.88 Å². The minimum Gasteiger partial charge on any atom is -0.474 e. The molecule has 6 heterocycles. The summed E-state index contributed by atoms with van der Waals surface area (Å²) in [4.78, 5) is 52.9. The van der Waals surface area contributed by atoms with Crippen molar-refractivity contribution < 1.29 is 23.5 Å². The highest BCUT2D eigenvalue weighted by Gasteiger charge is 2.55. The Morgan fingerprint density at radius 2 is 1.83 bits per heavy atom. The number of hydrogen-bond acceptors (Lipinski definition) is 9. The normalized spacial score (nSPS) is 24.8. The lowest BCUT2D eigenvalue weighted by Crippen LogP contribution is -2.49. The third kappa shape index (κ3) is 8.62. The number of hydrogen-bond donors (Lipinski definition) is 3. The predicted molar refractivity (Wildman–Crippen MR) is 247 cm³/mol. The highest BCUT2D eigenvalue weighted by atomic mass is 19.1. The Balaban J connectivity index is 0.678. The number of amides is 4. The molecule has 0 bridgehead atoms. The SMILES string of the molecule is CCc1cc2c(nc1Nc1ccc(CC(=O)N3CCC(CCC4CC5C(Cc6ccc(N7CCC(=O)NC7=O)cc6)C5C4)[C@@H](C)C3)c(F)c1)CN(c1cnc3c(c1C)NCCO3)CC2. The first-order valence-electron chi connectivity index (χ1n) is 23.7. The molecule has 4 amide bonds. The number of benzene rings is 2. The van der Waals surface area contributed by atoms with Gasteiger partial charge in [0.05, 0.1) is 30.5 Å². The first kappa shape index (κ1) is 42.2. The van der Waals surface area contributed by atoms with Gasteiger partial charge >= 0.3 is 6.03 Å². The first-order chi connectivity index (χ1) is 31.1. The number of aromatic nitrogens is 2. The number of imide groups is 1. The molecule has 13 heteroatoms. The second-order valence-electron chi connectivity index (χ2n) is 19.4. The fraction of sp³-hybridized carbons (Fsp3) is 0.510. The molecule has 2 aromatic heterocycles. The van der Waals surface area contributed by atoms with E-state index in [4.69, 9.17) is 9.72 Å². The number of carbonyl (C=O) groups excluding carboxylic acids is 3. The quantitative estimate of drug-likeness (QED) is 0.129. The van der Waals surface area contributed by atoms with E-state index in [1.807, 2.05) is 29.3 Å². The minimum absolute atomic E-state index is 0.00296. The lowest BCUT2D eigenvalue weighted by molar-refractivity contribution is -0.133. The van der Waals surface area contributed by atoms with E-state index >= 15 is 4.39 Å². The molecule has 0 spiro atoms. The van der Waals surface area contributed by atoms with Crippen molar-refractivity contribution in [1.29, 1.82) is 0 Å². The number of aryl methyl sites for hydroxylation is 1. The van der Waals surface area contributed by atoms with Crippen molar-refractivity contribution in [2.45, 2.75) is 91.5 Å². The number of nitrogens with zero attached hydrogens (tertiary/aromatic N) is 5. The molecular weight excluding hydrogens is 808 g/mol. The van der Waals surface area contributed by atoms with Crippen LogP contribution in [0.2, 0.25) is 0 Å². The largest absolute Gasteiger partial charge is 0.474 e. The van der Waals surface area contributed by atoms with Gasteiger partial charge in [-0.05, 0) is 134 Å². The van der Waals surface area contributed by atoms with Gasteiger partial charge in [-0.2, -0.15) is 0 Å². The Hall–Kier alpha value is -5.72. The number of piperidine rings is 1.